The second-order valence-electron chi connectivity index (χ2n) is 13.8. The molecule has 0 fully saturated rings. The minimum Gasteiger partial charge on any atom is -1.00 e. The predicted octanol–water partition coefficient (Wildman–Crippen LogP) is 6.22. The van der Waals surface area contributed by atoms with Crippen molar-refractivity contribution < 1.29 is 36.6 Å². The third-order valence-electron chi connectivity index (χ3n) is 8.43. The van der Waals surface area contributed by atoms with Crippen molar-refractivity contribution in [3.8, 4) is 0 Å². The third-order valence-corrected chi connectivity index (χ3v) is 8.43. The zero-order chi connectivity index (χ0) is 30.6. The van der Waals surface area contributed by atoms with E-state index in [9.17, 15) is 10.2 Å². The third kappa shape index (κ3) is 31.5. The molecule has 0 saturated heterocycles. The summed E-state index contributed by atoms with van der Waals surface area (Å²) in [5.41, 5.74) is 0. The van der Waals surface area contributed by atoms with E-state index in [4.69, 9.17) is 9.47 Å². The highest BCUT2D eigenvalue weighted by molar-refractivity contribution is 4.60. The first-order valence-corrected chi connectivity index (χ1v) is 18.1. The number of unbranched alkanes of at least 4 members (excludes halogenated alkanes) is 18. The van der Waals surface area contributed by atoms with E-state index in [0.29, 0.717) is 13.2 Å². The van der Waals surface area contributed by atoms with Crippen LogP contribution in [0.5, 0.6) is 0 Å². The standard InChI is InChI=1S/C36H76NO4.ClH/c1-7-9-11-13-15-17-19-21-23-25-27-35(38)31-40-33(3)29-37(5,6)30-34(4)41-32-36(39)28-26-24-22-20-18-16-14-12-10-8-2;/h33-36,38-39H,7-32H2,1-6H3;1H/q+1;/p-1. The molecular formula is C36H76ClNO4. The van der Waals surface area contributed by atoms with E-state index in [-0.39, 0.29) is 36.8 Å². The topological polar surface area (TPSA) is 58.9 Å². The van der Waals surface area contributed by atoms with Crippen LogP contribution in [0.1, 0.15) is 169 Å². The number of ether oxygens (including phenoxy) is 2. The predicted molar refractivity (Wildman–Crippen MR) is 178 cm³/mol. The van der Waals surface area contributed by atoms with Gasteiger partial charge in [0.25, 0.3) is 0 Å². The van der Waals surface area contributed by atoms with Gasteiger partial charge < -0.3 is 36.6 Å². The molecule has 0 aliphatic heterocycles. The van der Waals surface area contributed by atoms with Gasteiger partial charge >= 0.3 is 0 Å². The summed E-state index contributed by atoms with van der Waals surface area (Å²) in [6.07, 6.45) is 27.5. The smallest absolute Gasteiger partial charge is 0.105 e. The molecule has 0 aromatic rings. The van der Waals surface area contributed by atoms with Crippen LogP contribution in [-0.2, 0) is 9.47 Å². The van der Waals surface area contributed by atoms with E-state index in [1.807, 2.05) is 0 Å². The first kappa shape index (κ1) is 44.2. The quantitative estimate of drug-likeness (QED) is 0.0692. The van der Waals surface area contributed by atoms with Crippen molar-refractivity contribution in [2.45, 2.75) is 193 Å². The lowest BCUT2D eigenvalue weighted by Crippen LogP contribution is -3.00. The van der Waals surface area contributed by atoms with Crippen molar-refractivity contribution in [3.63, 3.8) is 0 Å². The van der Waals surface area contributed by atoms with E-state index < -0.39 is 0 Å². The molecule has 0 rings (SSSR count). The average Bonchev–Trinajstić information content (AvgIpc) is 2.92. The molecule has 2 N–H and O–H groups in total. The SMILES string of the molecule is CCCCCCCCCCCCC(O)COC(C)C[N+](C)(C)CC(C)OCC(O)CCCCCCCCCCCC.[Cl-]. The Balaban J connectivity index is 0. The van der Waals surface area contributed by atoms with E-state index in [1.54, 1.807) is 0 Å². The van der Waals surface area contributed by atoms with Gasteiger partial charge in [0.2, 0.25) is 0 Å². The zero-order valence-corrected chi connectivity index (χ0v) is 30.0. The van der Waals surface area contributed by atoms with E-state index in [0.717, 1.165) is 43.3 Å². The number of halogens is 1. The van der Waals surface area contributed by atoms with Crippen LogP contribution in [-0.4, -0.2) is 79.5 Å². The Kier molecular flexibility index (Phi) is 32.7. The first-order valence-electron chi connectivity index (χ1n) is 18.1. The van der Waals surface area contributed by atoms with Gasteiger partial charge in [-0.25, -0.2) is 0 Å². The van der Waals surface area contributed by atoms with Gasteiger partial charge in [0.05, 0.1) is 39.5 Å². The van der Waals surface area contributed by atoms with Crippen LogP contribution in [0.25, 0.3) is 0 Å². The summed E-state index contributed by atoms with van der Waals surface area (Å²) < 4.78 is 12.8. The summed E-state index contributed by atoms with van der Waals surface area (Å²) in [6, 6.07) is 0. The van der Waals surface area contributed by atoms with Crippen molar-refractivity contribution in [3.05, 3.63) is 0 Å². The van der Waals surface area contributed by atoms with Gasteiger partial charge in [-0.3, -0.25) is 0 Å². The summed E-state index contributed by atoms with van der Waals surface area (Å²) in [7, 11) is 4.42. The fourth-order valence-electron chi connectivity index (χ4n) is 6.02. The summed E-state index contributed by atoms with van der Waals surface area (Å²) in [4.78, 5) is 0. The highest BCUT2D eigenvalue weighted by Crippen LogP contribution is 2.15. The van der Waals surface area contributed by atoms with Crippen LogP contribution < -0.4 is 12.4 Å². The molecule has 0 aliphatic carbocycles. The van der Waals surface area contributed by atoms with Crippen LogP contribution in [0.15, 0.2) is 0 Å². The Hall–Kier alpha value is 0.0900. The zero-order valence-electron chi connectivity index (χ0n) is 29.2. The Morgan fingerprint density at radius 2 is 0.738 bits per heavy atom. The molecule has 0 aliphatic rings. The highest BCUT2D eigenvalue weighted by atomic mass is 35.5. The van der Waals surface area contributed by atoms with Crippen LogP contribution in [0.3, 0.4) is 0 Å². The Morgan fingerprint density at radius 1 is 0.476 bits per heavy atom. The minimum atomic E-state index is -0.360. The molecule has 0 bridgehead atoms. The summed E-state index contributed by atoms with van der Waals surface area (Å²) in [6.45, 7) is 11.4. The summed E-state index contributed by atoms with van der Waals surface area (Å²) in [5.74, 6) is 0. The maximum absolute atomic E-state index is 10.4. The Labute approximate surface area is 269 Å². The average molecular weight is 622 g/mol. The first-order chi connectivity index (χ1) is 19.7. The van der Waals surface area contributed by atoms with Gasteiger partial charge in [-0.1, -0.05) is 142 Å². The number of quaternary nitrogens is 1. The van der Waals surface area contributed by atoms with Crippen LogP contribution in [0.2, 0.25) is 0 Å². The van der Waals surface area contributed by atoms with Gasteiger partial charge in [0, 0.05) is 0 Å². The van der Waals surface area contributed by atoms with E-state index >= 15 is 0 Å². The summed E-state index contributed by atoms with van der Waals surface area (Å²) >= 11 is 0. The summed E-state index contributed by atoms with van der Waals surface area (Å²) in [5, 5.41) is 20.7. The molecular weight excluding hydrogens is 546 g/mol. The molecule has 0 radical (unpaired) electrons. The number of hydrogen-bond acceptors (Lipinski definition) is 4. The molecule has 4 atom stereocenters. The lowest BCUT2D eigenvalue weighted by Gasteiger charge is -2.34. The molecule has 42 heavy (non-hydrogen) atoms. The van der Waals surface area contributed by atoms with Crippen molar-refractivity contribution >= 4 is 0 Å². The molecule has 0 aromatic heterocycles. The van der Waals surface area contributed by atoms with Gasteiger partial charge in [-0.05, 0) is 26.7 Å². The highest BCUT2D eigenvalue weighted by Gasteiger charge is 2.24. The van der Waals surface area contributed by atoms with E-state index in [2.05, 4.69) is 41.8 Å². The maximum Gasteiger partial charge on any atom is 0.105 e. The fraction of sp³-hybridized carbons (Fsp3) is 1.00. The van der Waals surface area contributed by atoms with Crippen LogP contribution in [0, 0.1) is 0 Å². The number of nitrogens with zero attached hydrogens (tertiary/aromatic N) is 1. The number of aliphatic hydroxyl groups is 2. The van der Waals surface area contributed by atoms with Gasteiger partial charge in [0.1, 0.15) is 25.3 Å². The molecule has 0 spiro atoms. The second-order valence-corrected chi connectivity index (χ2v) is 13.8. The monoisotopic (exact) mass is 622 g/mol. The second kappa shape index (κ2) is 31.1. The Morgan fingerprint density at radius 3 is 1.02 bits per heavy atom. The van der Waals surface area contributed by atoms with Crippen molar-refractivity contribution in [2.24, 2.45) is 0 Å². The number of hydrogen-bond donors (Lipinski definition) is 2. The number of likely N-dealkylation sites (N-methyl/N-ethyl adjacent to an activating group) is 1. The fourth-order valence-corrected chi connectivity index (χ4v) is 6.02. The van der Waals surface area contributed by atoms with Crippen molar-refractivity contribution in [1.29, 1.82) is 0 Å². The lowest BCUT2D eigenvalue weighted by atomic mass is 10.0. The van der Waals surface area contributed by atoms with Crippen LogP contribution in [0.4, 0.5) is 0 Å². The molecule has 0 heterocycles. The molecule has 5 nitrogen and oxygen atoms in total. The number of rotatable bonds is 32. The normalized spacial score (nSPS) is 14.9. The molecule has 0 aromatic carbocycles. The molecule has 256 valence electrons. The van der Waals surface area contributed by atoms with Gasteiger partial charge in [-0.15, -0.1) is 0 Å². The molecule has 6 heteroatoms. The molecule has 0 saturated carbocycles. The Bertz CT molecular complexity index is 493. The molecule has 4 unspecified atom stereocenters. The lowest BCUT2D eigenvalue weighted by molar-refractivity contribution is -0.896. The van der Waals surface area contributed by atoms with Gasteiger partial charge in [-0.2, -0.15) is 0 Å². The molecule has 0 amide bonds. The van der Waals surface area contributed by atoms with Crippen molar-refractivity contribution in [2.75, 3.05) is 40.4 Å². The maximum atomic E-state index is 10.4. The number of aliphatic hydroxyl groups excluding tert-OH is 2. The van der Waals surface area contributed by atoms with Crippen LogP contribution >= 0.6 is 0 Å². The largest absolute Gasteiger partial charge is 1.00 e. The van der Waals surface area contributed by atoms with E-state index in [1.165, 1.54) is 116 Å². The van der Waals surface area contributed by atoms with Gasteiger partial charge in [0.15, 0.2) is 0 Å². The minimum absolute atomic E-state index is 0. The van der Waals surface area contributed by atoms with Crippen molar-refractivity contribution in [1.82, 2.24) is 0 Å².